The summed E-state index contributed by atoms with van der Waals surface area (Å²) < 4.78 is 16.5. The van der Waals surface area contributed by atoms with Crippen LogP contribution in [0.3, 0.4) is 0 Å². The van der Waals surface area contributed by atoms with Gasteiger partial charge in [0.1, 0.15) is 6.04 Å². The van der Waals surface area contributed by atoms with Crippen molar-refractivity contribution in [3.63, 3.8) is 0 Å². The molecule has 0 bridgehead atoms. The number of aromatic nitrogens is 2. The zero-order chi connectivity index (χ0) is 21.9. The van der Waals surface area contributed by atoms with Crippen LogP contribution in [-0.4, -0.2) is 23.0 Å². The van der Waals surface area contributed by atoms with Crippen molar-refractivity contribution in [2.24, 2.45) is 0 Å². The van der Waals surface area contributed by atoms with E-state index in [0.29, 0.717) is 28.1 Å². The van der Waals surface area contributed by atoms with E-state index in [1.54, 1.807) is 42.5 Å². The molecule has 1 atom stereocenters. The molecule has 0 saturated carbocycles. The number of halogens is 1. The summed E-state index contributed by atoms with van der Waals surface area (Å²) in [6.45, 7) is 0.157. The van der Waals surface area contributed by atoms with Gasteiger partial charge in [0.15, 0.2) is 11.5 Å². The fraction of sp³-hybridized carbons (Fsp3) is 0.0870. The monoisotopic (exact) mass is 448 g/mol. The van der Waals surface area contributed by atoms with Crippen LogP contribution in [0, 0.1) is 0 Å². The van der Waals surface area contributed by atoms with Gasteiger partial charge in [0.2, 0.25) is 18.6 Å². The summed E-state index contributed by atoms with van der Waals surface area (Å²) in [5, 5.41) is 14.6. The number of anilines is 1. The first-order chi connectivity index (χ1) is 15.7. The third-order valence-corrected chi connectivity index (χ3v) is 5.07. The van der Waals surface area contributed by atoms with Crippen molar-refractivity contribution in [3.05, 3.63) is 89.3 Å². The van der Waals surface area contributed by atoms with Gasteiger partial charge in [-0.25, -0.2) is 4.79 Å². The third kappa shape index (κ3) is 4.21. The van der Waals surface area contributed by atoms with Gasteiger partial charge in [-0.1, -0.05) is 41.9 Å². The van der Waals surface area contributed by atoms with E-state index in [2.05, 4.69) is 20.8 Å². The number of carbonyl (C=O) groups excluding carboxylic acids is 1. The molecule has 2 N–H and O–H groups in total. The van der Waals surface area contributed by atoms with Crippen molar-refractivity contribution in [3.8, 4) is 23.0 Å². The second kappa shape index (κ2) is 8.60. The predicted octanol–water partition coefficient (Wildman–Crippen LogP) is 5.03. The highest BCUT2D eigenvalue weighted by atomic mass is 35.5. The Hall–Kier alpha value is -4.04. The molecule has 0 spiro atoms. The van der Waals surface area contributed by atoms with Crippen molar-refractivity contribution in [1.29, 1.82) is 0 Å². The van der Waals surface area contributed by atoms with Crippen LogP contribution in [0.2, 0.25) is 5.02 Å². The molecule has 32 heavy (non-hydrogen) atoms. The molecule has 2 heterocycles. The lowest BCUT2D eigenvalue weighted by molar-refractivity contribution is 0.174. The van der Waals surface area contributed by atoms with E-state index in [1.165, 1.54) is 0 Å². The standard InChI is InChI=1S/C23H17ClN4O4/c24-16-8-6-14(7-9-16)20(22-28-27-21(32-22)15-4-2-1-3-5-15)26-23(29)25-17-10-11-18-19(12-17)31-13-30-18/h1-12,20H,13H2,(H2,25,26,29)/t20-/m1/s1. The lowest BCUT2D eigenvalue weighted by atomic mass is 10.1. The van der Waals surface area contributed by atoms with Gasteiger partial charge in [-0.3, -0.25) is 0 Å². The first-order valence-electron chi connectivity index (χ1n) is 9.77. The Bertz CT molecular complexity index is 1240. The molecular weight excluding hydrogens is 432 g/mol. The highest BCUT2D eigenvalue weighted by Gasteiger charge is 2.24. The van der Waals surface area contributed by atoms with E-state index in [9.17, 15) is 4.79 Å². The van der Waals surface area contributed by atoms with Gasteiger partial charge in [-0.2, -0.15) is 0 Å². The van der Waals surface area contributed by atoms with E-state index in [4.69, 9.17) is 25.5 Å². The number of nitrogens with zero attached hydrogens (tertiary/aromatic N) is 2. The summed E-state index contributed by atoms with van der Waals surface area (Å²) in [6, 6.07) is 20.5. The molecule has 2 amide bonds. The van der Waals surface area contributed by atoms with E-state index >= 15 is 0 Å². The minimum Gasteiger partial charge on any atom is -0.454 e. The van der Waals surface area contributed by atoms with Crippen molar-refractivity contribution >= 4 is 23.3 Å². The fourth-order valence-electron chi connectivity index (χ4n) is 3.26. The van der Waals surface area contributed by atoms with E-state index in [0.717, 1.165) is 11.1 Å². The van der Waals surface area contributed by atoms with Gasteiger partial charge < -0.3 is 24.5 Å². The second-order valence-electron chi connectivity index (χ2n) is 6.96. The average Bonchev–Trinajstić information content (AvgIpc) is 3.48. The second-order valence-corrected chi connectivity index (χ2v) is 7.40. The van der Waals surface area contributed by atoms with Gasteiger partial charge in [-0.05, 0) is 42.0 Å². The number of fused-ring (bicyclic) bond motifs is 1. The fourth-order valence-corrected chi connectivity index (χ4v) is 3.39. The van der Waals surface area contributed by atoms with Crippen LogP contribution < -0.4 is 20.1 Å². The van der Waals surface area contributed by atoms with Crippen molar-refractivity contribution in [1.82, 2.24) is 15.5 Å². The molecular formula is C23H17ClN4O4. The smallest absolute Gasteiger partial charge is 0.320 e. The maximum atomic E-state index is 12.8. The van der Waals surface area contributed by atoms with Gasteiger partial charge >= 0.3 is 6.03 Å². The lowest BCUT2D eigenvalue weighted by Crippen LogP contribution is -2.33. The summed E-state index contributed by atoms with van der Waals surface area (Å²) in [7, 11) is 0. The quantitative estimate of drug-likeness (QED) is 0.444. The molecule has 0 aliphatic carbocycles. The van der Waals surface area contributed by atoms with Crippen LogP contribution in [0.1, 0.15) is 17.5 Å². The van der Waals surface area contributed by atoms with Crippen molar-refractivity contribution in [2.75, 3.05) is 12.1 Å². The number of carbonyl (C=O) groups is 1. The van der Waals surface area contributed by atoms with Gasteiger partial charge in [-0.15, -0.1) is 10.2 Å². The molecule has 8 nitrogen and oxygen atoms in total. The van der Waals surface area contributed by atoms with E-state index < -0.39 is 12.1 Å². The number of urea groups is 1. The summed E-state index contributed by atoms with van der Waals surface area (Å²) in [4.78, 5) is 12.8. The van der Waals surface area contributed by atoms with Gasteiger partial charge in [0.05, 0.1) is 0 Å². The van der Waals surface area contributed by atoms with Crippen LogP contribution >= 0.6 is 11.6 Å². The molecule has 0 fully saturated rings. The predicted molar refractivity (Wildman–Crippen MR) is 118 cm³/mol. The SMILES string of the molecule is O=C(Nc1ccc2c(c1)OCO2)N[C@H](c1ccc(Cl)cc1)c1nnc(-c2ccccc2)o1. The Morgan fingerprint density at radius 2 is 1.72 bits per heavy atom. The van der Waals surface area contributed by atoms with Crippen LogP contribution in [0.15, 0.2) is 77.2 Å². The molecule has 3 aromatic carbocycles. The zero-order valence-electron chi connectivity index (χ0n) is 16.6. The maximum Gasteiger partial charge on any atom is 0.320 e. The lowest BCUT2D eigenvalue weighted by Gasteiger charge is -2.16. The normalized spacial score (nSPS) is 12.9. The molecule has 1 aromatic heterocycles. The van der Waals surface area contributed by atoms with Gasteiger partial charge in [0.25, 0.3) is 0 Å². The Kier molecular flexibility index (Phi) is 5.35. The minimum absolute atomic E-state index is 0.157. The van der Waals surface area contributed by atoms with Crippen LogP contribution in [0.4, 0.5) is 10.5 Å². The molecule has 0 unspecified atom stereocenters. The summed E-state index contributed by atoms with van der Waals surface area (Å²) in [6.07, 6.45) is 0. The topological polar surface area (TPSA) is 98.5 Å². The Balaban J connectivity index is 1.40. The van der Waals surface area contributed by atoms with E-state index in [1.807, 2.05) is 30.3 Å². The number of amides is 2. The van der Waals surface area contributed by atoms with Crippen molar-refractivity contribution in [2.45, 2.75) is 6.04 Å². The molecule has 1 aliphatic heterocycles. The van der Waals surface area contributed by atoms with Crippen LogP contribution in [0.25, 0.3) is 11.5 Å². The number of rotatable bonds is 5. The maximum absolute atomic E-state index is 12.8. The minimum atomic E-state index is -0.689. The summed E-state index contributed by atoms with van der Waals surface area (Å²) >= 11 is 6.03. The number of nitrogens with one attached hydrogen (secondary N) is 2. The first-order valence-corrected chi connectivity index (χ1v) is 10.1. The molecule has 0 radical (unpaired) electrons. The van der Waals surface area contributed by atoms with Gasteiger partial charge in [0, 0.05) is 22.3 Å². The highest BCUT2D eigenvalue weighted by Crippen LogP contribution is 2.34. The molecule has 9 heteroatoms. The third-order valence-electron chi connectivity index (χ3n) is 4.82. The van der Waals surface area contributed by atoms with Crippen LogP contribution in [0.5, 0.6) is 11.5 Å². The Labute approximate surface area is 188 Å². The molecule has 4 aromatic rings. The number of benzene rings is 3. The zero-order valence-corrected chi connectivity index (χ0v) is 17.4. The molecule has 0 saturated heterocycles. The van der Waals surface area contributed by atoms with Crippen molar-refractivity contribution < 1.29 is 18.7 Å². The Morgan fingerprint density at radius 1 is 0.938 bits per heavy atom. The number of hydrogen-bond donors (Lipinski definition) is 2. The number of ether oxygens (including phenoxy) is 2. The van der Waals surface area contributed by atoms with E-state index in [-0.39, 0.29) is 12.7 Å². The number of hydrogen-bond acceptors (Lipinski definition) is 6. The summed E-state index contributed by atoms with van der Waals surface area (Å²) in [5.41, 5.74) is 2.07. The average molecular weight is 449 g/mol. The largest absolute Gasteiger partial charge is 0.454 e. The summed E-state index contributed by atoms with van der Waals surface area (Å²) in [5.74, 6) is 1.81. The Morgan fingerprint density at radius 3 is 2.53 bits per heavy atom. The molecule has 5 rings (SSSR count). The highest BCUT2D eigenvalue weighted by molar-refractivity contribution is 6.30. The first kappa shape index (κ1) is 19.9. The molecule has 1 aliphatic rings. The molecule has 160 valence electrons. The van der Waals surface area contributed by atoms with Crippen LogP contribution in [-0.2, 0) is 0 Å².